The highest BCUT2D eigenvalue weighted by Gasteiger charge is 2.24. The molecule has 2 heterocycles. The van der Waals surface area contributed by atoms with Crippen molar-refractivity contribution in [3.63, 3.8) is 0 Å². The van der Waals surface area contributed by atoms with Crippen LogP contribution in [0.2, 0.25) is 0 Å². The Kier molecular flexibility index (Phi) is 2.05. The van der Waals surface area contributed by atoms with Crippen molar-refractivity contribution in [2.24, 2.45) is 0 Å². The molecule has 1 aliphatic rings. The van der Waals surface area contributed by atoms with Crippen LogP contribution < -0.4 is 5.32 Å². The number of hydrogen-bond donors (Lipinski definition) is 1. The minimum Gasteiger partial charge on any atom is -0.370 e. The third-order valence-electron chi connectivity index (χ3n) is 2.72. The molecule has 2 rings (SSSR count). The Bertz CT molecular complexity index is 344. The van der Waals surface area contributed by atoms with Crippen molar-refractivity contribution in [1.82, 2.24) is 9.78 Å². The van der Waals surface area contributed by atoms with E-state index in [9.17, 15) is 0 Å². The van der Waals surface area contributed by atoms with Crippen LogP contribution in [-0.2, 0) is 12.0 Å². The number of aromatic nitrogens is 2. The van der Waals surface area contributed by atoms with Gasteiger partial charge in [0.1, 0.15) is 5.82 Å². The molecule has 0 saturated heterocycles. The lowest BCUT2D eigenvalue weighted by molar-refractivity contribution is 0.358. The molecule has 0 spiro atoms. The van der Waals surface area contributed by atoms with Gasteiger partial charge in [-0.2, -0.15) is 5.10 Å². The zero-order valence-electron chi connectivity index (χ0n) is 9.52. The first kappa shape index (κ1) is 9.56. The van der Waals surface area contributed by atoms with E-state index in [2.05, 4.69) is 42.8 Å². The summed E-state index contributed by atoms with van der Waals surface area (Å²) in [6.45, 7) is 9.75. The van der Waals surface area contributed by atoms with Gasteiger partial charge in [0.2, 0.25) is 0 Å². The van der Waals surface area contributed by atoms with Crippen molar-refractivity contribution < 1.29 is 0 Å². The summed E-state index contributed by atoms with van der Waals surface area (Å²) in [5.41, 5.74) is 2.66. The second-order valence-corrected chi connectivity index (χ2v) is 5.03. The molecule has 0 bridgehead atoms. The highest BCUT2D eigenvalue weighted by Crippen LogP contribution is 2.29. The highest BCUT2D eigenvalue weighted by atomic mass is 15.4. The van der Waals surface area contributed by atoms with Gasteiger partial charge in [-0.15, -0.1) is 0 Å². The Morgan fingerprint density at radius 1 is 1.36 bits per heavy atom. The topological polar surface area (TPSA) is 29.9 Å². The predicted octanol–water partition coefficient (Wildman–Crippen LogP) is 2.30. The summed E-state index contributed by atoms with van der Waals surface area (Å²) >= 11 is 0. The largest absolute Gasteiger partial charge is 0.370 e. The molecule has 0 atom stereocenters. The monoisotopic (exact) mass is 193 g/mol. The summed E-state index contributed by atoms with van der Waals surface area (Å²) < 4.78 is 2.12. The lowest BCUT2D eigenvalue weighted by Gasteiger charge is -2.25. The molecule has 0 amide bonds. The zero-order valence-corrected chi connectivity index (χ0v) is 9.52. The van der Waals surface area contributed by atoms with Crippen LogP contribution in [0, 0.1) is 6.92 Å². The van der Waals surface area contributed by atoms with Gasteiger partial charge in [0.05, 0.1) is 11.2 Å². The third kappa shape index (κ3) is 1.41. The third-order valence-corrected chi connectivity index (χ3v) is 2.72. The van der Waals surface area contributed by atoms with Crippen molar-refractivity contribution in [3.8, 4) is 0 Å². The van der Waals surface area contributed by atoms with Gasteiger partial charge >= 0.3 is 0 Å². The summed E-state index contributed by atoms with van der Waals surface area (Å²) in [7, 11) is 0. The number of hydrogen-bond acceptors (Lipinski definition) is 2. The molecule has 0 radical (unpaired) electrons. The normalized spacial score (nSPS) is 16.3. The predicted molar refractivity (Wildman–Crippen MR) is 58.8 cm³/mol. The van der Waals surface area contributed by atoms with Crippen LogP contribution >= 0.6 is 0 Å². The molecule has 78 valence electrons. The van der Waals surface area contributed by atoms with Crippen LogP contribution in [0.1, 0.15) is 38.4 Å². The molecule has 1 aromatic rings. The summed E-state index contributed by atoms with van der Waals surface area (Å²) in [5, 5.41) is 8.08. The Balaban J connectivity index is 2.52. The van der Waals surface area contributed by atoms with Crippen molar-refractivity contribution in [2.45, 2.75) is 46.1 Å². The first-order valence-electron chi connectivity index (χ1n) is 5.33. The molecule has 14 heavy (non-hydrogen) atoms. The van der Waals surface area contributed by atoms with Gasteiger partial charge in [0, 0.05) is 12.1 Å². The van der Waals surface area contributed by atoms with E-state index in [-0.39, 0.29) is 5.54 Å². The minimum atomic E-state index is 0.0721. The van der Waals surface area contributed by atoms with E-state index in [1.807, 2.05) is 0 Å². The molecule has 1 aromatic heterocycles. The van der Waals surface area contributed by atoms with Gasteiger partial charge in [-0.25, -0.2) is 4.68 Å². The van der Waals surface area contributed by atoms with Gasteiger partial charge in [-0.3, -0.25) is 0 Å². The molecule has 0 fully saturated rings. The molecule has 1 aliphatic heterocycles. The van der Waals surface area contributed by atoms with Crippen molar-refractivity contribution in [3.05, 3.63) is 11.3 Å². The first-order valence-corrected chi connectivity index (χ1v) is 5.33. The minimum absolute atomic E-state index is 0.0721. The second kappa shape index (κ2) is 3.01. The smallest absolute Gasteiger partial charge is 0.128 e. The molecular weight excluding hydrogens is 174 g/mol. The quantitative estimate of drug-likeness (QED) is 0.685. The summed E-state index contributed by atoms with van der Waals surface area (Å²) in [6.07, 6.45) is 2.40. The first-order chi connectivity index (χ1) is 6.50. The number of anilines is 1. The fourth-order valence-electron chi connectivity index (χ4n) is 2.00. The molecule has 0 aliphatic carbocycles. The van der Waals surface area contributed by atoms with Crippen LogP contribution in [0.25, 0.3) is 0 Å². The maximum atomic E-state index is 4.62. The SMILES string of the molecule is Cc1nn(C(C)(C)C)c2c1CCCN2. The van der Waals surface area contributed by atoms with E-state index in [1.54, 1.807) is 0 Å². The number of nitrogens with one attached hydrogen (secondary N) is 1. The number of rotatable bonds is 0. The lowest BCUT2D eigenvalue weighted by Crippen LogP contribution is -2.26. The van der Waals surface area contributed by atoms with Gasteiger partial charge in [0.15, 0.2) is 0 Å². The zero-order chi connectivity index (χ0) is 10.3. The van der Waals surface area contributed by atoms with E-state index >= 15 is 0 Å². The number of aryl methyl sites for hydroxylation is 1. The van der Waals surface area contributed by atoms with Gasteiger partial charge in [0.25, 0.3) is 0 Å². The molecule has 0 saturated carbocycles. The van der Waals surface area contributed by atoms with Crippen LogP contribution in [0.5, 0.6) is 0 Å². The van der Waals surface area contributed by atoms with E-state index < -0.39 is 0 Å². The van der Waals surface area contributed by atoms with E-state index in [0.717, 1.165) is 6.54 Å². The van der Waals surface area contributed by atoms with Crippen LogP contribution in [0.3, 0.4) is 0 Å². The van der Waals surface area contributed by atoms with Crippen molar-refractivity contribution in [1.29, 1.82) is 0 Å². The van der Waals surface area contributed by atoms with E-state index in [4.69, 9.17) is 0 Å². The fourth-order valence-corrected chi connectivity index (χ4v) is 2.00. The van der Waals surface area contributed by atoms with Crippen LogP contribution in [0.15, 0.2) is 0 Å². The standard InChI is InChI=1S/C11H19N3/c1-8-9-6-5-7-12-10(9)14(13-8)11(2,3)4/h12H,5-7H2,1-4H3. The molecule has 3 nitrogen and oxygen atoms in total. The maximum absolute atomic E-state index is 4.62. The molecule has 0 aromatic carbocycles. The molecule has 0 unspecified atom stereocenters. The van der Waals surface area contributed by atoms with E-state index in [0.29, 0.717) is 0 Å². The lowest BCUT2D eigenvalue weighted by atomic mass is 10.1. The second-order valence-electron chi connectivity index (χ2n) is 5.03. The fraction of sp³-hybridized carbons (Fsp3) is 0.727. The maximum Gasteiger partial charge on any atom is 0.128 e. The molecular formula is C11H19N3. The highest BCUT2D eigenvalue weighted by molar-refractivity contribution is 5.50. The van der Waals surface area contributed by atoms with Crippen molar-refractivity contribution >= 4 is 5.82 Å². The van der Waals surface area contributed by atoms with Gasteiger partial charge in [-0.05, 0) is 40.5 Å². The Labute approximate surface area is 85.5 Å². The summed E-state index contributed by atoms with van der Waals surface area (Å²) in [5.74, 6) is 1.24. The molecule has 3 heteroatoms. The Hall–Kier alpha value is -0.990. The molecule has 1 N–H and O–H groups in total. The van der Waals surface area contributed by atoms with Crippen LogP contribution in [0.4, 0.5) is 5.82 Å². The van der Waals surface area contributed by atoms with Gasteiger partial charge < -0.3 is 5.32 Å². The summed E-state index contributed by atoms with van der Waals surface area (Å²) in [4.78, 5) is 0. The van der Waals surface area contributed by atoms with Crippen LogP contribution in [-0.4, -0.2) is 16.3 Å². The van der Waals surface area contributed by atoms with Gasteiger partial charge in [-0.1, -0.05) is 0 Å². The van der Waals surface area contributed by atoms with Crippen molar-refractivity contribution in [2.75, 3.05) is 11.9 Å². The average Bonchev–Trinajstić information content (AvgIpc) is 2.44. The van der Waals surface area contributed by atoms with E-state index in [1.165, 1.54) is 29.9 Å². The number of nitrogens with zero attached hydrogens (tertiary/aromatic N) is 2. The number of fused-ring (bicyclic) bond motifs is 1. The summed E-state index contributed by atoms with van der Waals surface area (Å²) in [6, 6.07) is 0. The average molecular weight is 193 g/mol. The Morgan fingerprint density at radius 2 is 2.07 bits per heavy atom. The Morgan fingerprint density at radius 3 is 2.71 bits per heavy atom.